The number of fused-ring (bicyclic) bond motifs is 1. The molecule has 0 bridgehead atoms. The lowest BCUT2D eigenvalue weighted by atomic mass is 9.93. The Morgan fingerprint density at radius 1 is 1.33 bits per heavy atom. The van der Waals surface area contributed by atoms with Crippen LogP contribution in [0.5, 0.6) is 0 Å². The quantitative estimate of drug-likeness (QED) is 0.906. The maximum absolute atomic E-state index is 13.6. The van der Waals surface area contributed by atoms with Gasteiger partial charge in [0.05, 0.1) is 6.42 Å². The lowest BCUT2D eigenvalue weighted by molar-refractivity contribution is -0.132. The van der Waals surface area contributed by atoms with Gasteiger partial charge in [-0.2, -0.15) is 0 Å². The number of nitrogens with one attached hydrogen (secondary N) is 1. The minimum atomic E-state index is -0.904. The molecular formula is C15H19ClF2N2O. The van der Waals surface area contributed by atoms with Gasteiger partial charge in [0.15, 0.2) is 11.6 Å². The molecule has 2 aliphatic heterocycles. The molecule has 21 heavy (non-hydrogen) atoms. The lowest BCUT2D eigenvalue weighted by Crippen LogP contribution is -2.47. The Morgan fingerprint density at radius 3 is 2.95 bits per heavy atom. The summed E-state index contributed by atoms with van der Waals surface area (Å²) >= 11 is 0. The lowest BCUT2D eigenvalue weighted by Gasteiger charge is -2.35. The van der Waals surface area contributed by atoms with E-state index in [-0.39, 0.29) is 30.3 Å². The molecule has 2 aliphatic rings. The molecule has 1 aromatic rings. The van der Waals surface area contributed by atoms with E-state index in [0.717, 1.165) is 32.0 Å². The van der Waals surface area contributed by atoms with Crippen molar-refractivity contribution in [3.05, 3.63) is 35.4 Å². The van der Waals surface area contributed by atoms with Gasteiger partial charge < -0.3 is 10.2 Å². The van der Waals surface area contributed by atoms with Crippen LogP contribution in [0.2, 0.25) is 0 Å². The van der Waals surface area contributed by atoms with Gasteiger partial charge in [-0.25, -0.2) is 8.78 Å². The van der Waals surface area contributed by atoms with Crippen molar-refractivity contribution >= 4 is 18.3 Å². The Hall–Kier alpha value is -1.20. The van der Waals surface area contributed by atoms with Crippen LogP contribution in [0.1, 0.15) is 18.4 Å². The van der Waals surface area contributed by atoms with Crippen molar-refractivity contribution in [3.8, 4) is 0 Å². The third kappa shape index (κ3) is 3.35. The molecule has 6 heteroatoms. The van der Waals surface area contributed by atoms with Crippen molar-refractivity contribution in [1.82, 2.24) is 10.2 Å². The molecule has 0 spiro atoms. The number of likely N-dealkylation sites (tertiary alicyclic amines) is 1. The second-order valence-corrected chi connectivity index (χ2v) is 5.63. The Morgan fingerprint density at radius 2 is 2.14 bits per heavy atom. The molecule has 1 N–H and O–H groups in total. The summed E-state index contributed by atoms with van der Waals surface area (Å²) in [6, 6.07) is 4.50. The molecule has 3 nitrogen and oxygen atoms in total. The number of piperidine rings is 1. The molecule has 2 unspecified atom stereocenters. The molecule has 0 radical (unpaired) electrons. The molecule has 2 fully saturated rings. The normalized spacial score (nSPS) is 24.4. The molecule has 3 rings (SSSR count). The van der Waals surface area contributed by atoms with Crippen LogP contribution < -0.4 is 5.32 Å². The van der Waals surface area contributed by atoms with E-state index in [4.69, 9.17) is 0 Å². The van der Waals surface area contributed by atoms with Crippen molar-refractivity contribution in [3.63, 3.8) is 0 Å². The van der Waals surface area contributed by atoms with Gasteiger partial charge in [-0.3, -0.25) is 4.79 Å². The molecule has 2 atom stereocenters. The monoisotopic (exact) mass is 316 g/mol. The molecule has 2 saturated heterocycles. The second-order valence-electron chi connectivity index (χ2n) is 5.63. The van der Waals surface area contributed by atoms with E-state index < -0.39 is 11.6 Å². The fourth-order valence-electron chi connectivity index (χ4n) is 3.23. The number of hydrogen-bond donors (Lipinski definition) is 1. The summed E-state index contributed by atoms with van der Waals surface area (Å²) < 4.78 is 26.7. The summed E-state index contributed by atoms with van der Waals surface area (Å²) in [6.07, 6.45) is 1.97. The van der Waals surface area contributed by atoms with E-state index in [1.54, 1.807) is 4.90 Å². The minimum Gasteiger partial charge on any atom is -0.342 e. The van der Waals surface area contributed by atoms with Crippen molar-refractivity contribution in [2.75, 3.05) is 19.6 Å². The van der Waals surface area contributed by atoms with Crippen molar-refractivity contribution < 1.29 is 13.6 Å². The first-order valence-corrected chi connectivity index (χ1v) is 7.09. The molecular weight excluding hydrogens is 298 g/mol. The molecule has 0 aliphatic carbocycles. The van der Waals surface area contributed by atoms with E-state index >= 15 is 0 Å². The smallest absolute Gasteiger partial charge is 0.227 e. The standard InChI is InChI=1S/C15H18F2N2O.ClH/c16-12-3-1-2-10(15(12)17)8-14(20)19-7-5-13-11(9-19)4-6-18-13;/h1-3,11,13,18H,4-9H2;1H. The van der Waals surface area contributed by atoms with Gasteiger partial charge in [-0.1, -0.05) is 12.1 Å². The number of halogens is 3. The summed E-state index contributed by atoms with van der Waals surface area (Å²) in [5, 5.41) is 3.44. The van der Waals surface area contributed by atoms with Crippen LogP contribution in [0.4, 0.5) is 8.78 Å². The van der Waals surface area contributed by atoms with Gasteiger partial charge in [0, 0.05) is 24.7 Å². The Labute approximate surface area is 129 Å². The van der Waals surface area contributed by atoms with Crippen LogP contribution >= 0.6 is 12.4 Å². The molecule has 0 aromatic heterocycles. The van der Waals surface area contributed by atoms with Crippen LogP contribution in [0.25, 0.3) is 0 Å². The van der Waals surface area contributed by atoms with Crippen molar-refractivity contribution in [1.29, 1.82) is 0 Å². The number of rotatable bonds is 2. The number of amides is 1. The zero-order valence-corrected chi connectivity index (χ0v) is 12.5. The summed E-state index contributed by atoms with van der Waals surface area (Å²) in [6.45, 7) is 2.44. The predicted octanol–water partition coefficient (Wildman–Crippen LogP) is 2.14. The summed E-state index contributed by atoms with van der Waals surface area (Å²) in [4.78, 5) is 14.0. The van der Waals surface area contributed by atoms with Crippen molar-refractivity contribution in [2.45, 2.75) is 25.3 Å². The fraction of sp³-hybridized carbons (Fsp3) is 0.533. The predicted molar refractivity (Wildman–Crippen MR) is 78.4 cm³/mol. The third-order valence-electron chi connectivity index (χ3n) is 4.38. The fourth-order valence-corrected chi connectivity index (χ4v) is 3.23. The van der Waals surface area contributed by atoms with Crippen LogP contribution in [0.3, 0.4) is 0 Å². The molecule has 1 aromatic carbocycles. The molecule has 2 heterocycles. The molecule has 116 valence electrons. The Kier molecular flexibility index (Phi) is 5.17. The molecule has 0 saturated carbocycles. The summed E-state index contributed by atoms with van der Waals surface area (Å²) in [7, 11) is 0. The van der Waals surface area contributed by atoms with Gasteiger partial charge in [0.1, 0.15) is 0 Å². The number of nitrogens with zero attached hydrogens (tertiary/aromatic N) is 1. The first-order chi connectivity index (χ1) is 9.65. The van der Waals surface area contributed by atoms with Crippen LogP contribution in [0.15, 0.2) is 18.2 Å². The summed E-state index contributed by atoms with van der Waals surface area (Å²) in [5.74, 6) is -1.41. The highest BCUT2D eigenvalue weighted by Crippen LogP contribution is 2.25. The highest BCUT2D eigenvalue weighted by molar-refractivity contribution is 5.85. The number of benzene rings is 1. The number of hydrogen-bond acceptors (Lipinski definition) is 2. The maximum Gasteiger partial charge on any atom is 0.227 e. The largest absolute Gasteiger partial charge is 0.342 e. The SMILES string of the molecule is Cl.O=C(Cc1cccc(F)c1F)N1CCC2NCCC2C1. The van der Waals surface area contributed by atoms with Gasteiger partial charge in [-0.15, -0.1) is 12.4 Å². The van der Waals surface area contributed by atoms with Crippen LogP contribution in [0, 0.1) is 17.6 Å². The second kappa shape index (κ2) is 6.71. The average Bonchev–Trinajstić information content (AvgIpc) is 2.91. The zero-order valence-electron chi connectivity index (χ0n) is 11.6. The average molecular weight is 317 g/mol. The van der Waals surface area contributed by atoms with E-state index in [2.05, 4.69) is 5.32 Å². The maximum atomic E-state index is 13.6. The minimum absolute atomic E-state index is 0. The molecule has 1 amide bonds. The van der Waals surface area contributed by atoms with E-state index in [1.165, 1.54) is 12.1 Å². The van der Waals surface area contributed by atoms with Gasteiger partial charge in [-0.05, 0) is 31.4 Å². The van der Waals surface area contributed by atoms with Gasteiger partial charge >= 0.3 is 0 Å². The Balaban J connectivity index is 0.00000161. The first kappa shape index (κ1) is 16.2. The van der Waals surface area contributed by atoms with Crippen molar-refractivity contribution in [2.24, 2.45) is 5.92 Å². The van der Waals surface area contributed by atoms with E-state index in [9.17, 15) is 13.6 Å². The van der Waals surface area contributed by atoms with Gasteiger partial charge in [0.25, 0.3) is 0 Å². The van der Waals surface area contributed by atoms with Crippen LogP contribution in [-0.2, 0) is 11.2 Å². The van der Waals surface area contributed by atoms with Crippen LogP contribution in [-0.4, -0.2) is 36.5 Å². The first-order valence-electron chi connectivity index (χ1n) is 7.09. The van der Waals surface area contributed by atoms with E-state index in [1.807, 2.05) is 0 Å². The Bertz CT molecular complexity index is 526. The van der Waals surface area contributed by atoms with Gasteiger partial charge in [0.2, 0.25) is 5.91 Å². The van der Waals surface area contributed by atoms with E-state index in [0.29, 0.717) is 18.5 Å². The summed E-state index contributed by atoms with van der Waals surface area (Å²) in [5.41, 5.74) is 0.140. The third-order valence-corrected chi connectivity index (χ3v) is 4.38. The highest BCUT2D eigenvalue weighted by Gasteiger charge is 2.34. The topological polar surface area (TPSA) is 32.3 Å². The highest BCUT2D eigenvalue weighted by atomic mass is 35.5. The number of carbonyl (C=O) groups is 1. The number of carbonyl (C=O) groups excluding carboxylic acids is 1. The zero-order chi connectivity index (χ0) is 14.1.